The standard InChI is InChI=1S/C15H17ClFN3OS/c1-3-20(10(2)21)15-19-12(9-22-15)8-18-7-11-4-5-14(17)13(16)6-11/h4-6,9,18H,3,7-8H2,1-2H3. The van der Waals surface area contributed by atoms with Crippen molar-refractivity contribution in [1.82, 2.24) is 10.3 Å². The Labute approximate surface area is 137 Å². The summed E-state index contributed by atoms with van der Waals surface area (Å²) in [5.41, 5.74) is 1.77. The minimum atomic E-state index is -0.418. The summed E-state index contributed by atoms with van der Waals surface area (Å²) in [6, 6.07) is 4.65. The van der Waals surface area contributed by atoms with E-state index in [4.69, 9.17) is 11.6 Å². The van der Waals surface area contributed by atoms with Crippen molar-refractivity contribution in [3.05, 3.63) is 45.7 Å². The highest BCUT2D eigenvalue weighted by atomic mass is 35.5. The molecule has 1 heterocycles. The Morgan fingerprint density at radius 3 is 2.86 bits per heavy atom. The fraction of sp³-hybridized carbons (Fsp3) is 0.333. The molecular weight excluding hydrogens is 325 g/mol. The monoisotopic (exact) mass is 341 g/mol. The van der Waals surface area contributed by atoms with Crippen LogP contribution in [0.2, 0.25) is 5.02 Å². The number of benzene rings is 1. The summed E-state index contributed by atoms with van der Waals surface area (Å²) < 4.78 is 13.1. The van der Waals surface area contributed by atoms with Gasteiger partial charge in [0.25, 0.3) is 0 Å². The summed E-state index contributed by atoms with van der Waals surface area (Å²) in [5.74, 6) is -0.434. The van der Waals surface area contributed by atoms with Crippen molar-refractivity contribution >= 4 is 34.0 Å². The molecule has 2 rings (SSSR count). The quantitative estimate of drug-likeness (QED) is 0.873. The molecular formula is C15H17ClFN3OS. The predicted octanol–water partition coefficient (Wildman–Crippen LogP) is 3.60. The summed E-state index contributed by atoms with van der Waals surface area (Å²) in [6.45, 7) is 5.18. The topological polar surface area (TPSA) is 45.2 Å². The summed E-state index contributed by atoms with van der Waals surface area (Å²) in [7, 11) is 0. The first-order valence-electron chi connectivity index (χ1n) is 6.88. The van der Waals surface area contributed by atoms with Crippen molar-refractivity contribution in [3.63, 3.8) is 0 Å². The third-order valence-corrected chi connectivity index (χ3v) is 4.29. The van der Waals surface area contributed by atoms with E-state index >= 15 is 0 Å². The van der Waals surface area contributed by atoms with Crippen molar-refractivity contribution in [2.45, 2.75) is 26.9 Å². The molecule has 0 radical (unpaired) electrons. The number of hydrogen-bond donors (Lipinski definition) is 1. The van der Waals surface area contributed by atoms with Crippen LogP contribution in [0.4, 0.5) is 9.52 Å². The zero-order valence-electron chi connectivity index (χ0n) is 12.4. The maximum absolute atomic E-state index is 13.1. The van der Waals surface area contributed by atoms with E-state index in [0.29, 0.717) is 24.8 Å². The lowest BCUT2D eigenvalue weighted by Crippen LogP contribution is -2.27. The van der Waals surface area contributed by atoms with Gasteiger partial charge in [-0.2, -0.15) is 0 Å². The van der Waals surface area contributed by atoms with Gasteiger partial charge in [-0.15, -0.1) is 11.3 Å². The molecule has 1 amide bonds. The van der Waals surface area contributed by atoms with E-state index in [9.17, 15) is 9.18 Å². The molecule has 7 heteroatoms. The summed E-state index contributed by atoms with van der Waals surface area (Å²) >= 11 is 7.19. The first-order chi connectivity index (χ1) is 10.5. The Bertz CT molecular complexity index is 662. The van der Waals surface area contributed by atoms with Crippen LogP contribution >= 0.6 is 22.9 Å². The molecule has 0 aliphatic heterocycles. The first kappa shape index (κ1) is 16.9. The average Bonchev–Trinajstić information content (AvgIpc) is 2.92. The van der Waals surface area contributed by atoms with Gasteiger partial charge in [0, 0.05) is 31.9 Å². The molecule has 1 N–H and O–H groups in total. The minimum absolute atomic E-state index is 0.0164. The number of thiazole rings is 1. The van der Waals surface area contributed by atoms with Crippen LogP contribution in [0.5, 0.6) is 0 Å². The van der Waals surface area contributed by atoms with E-state index in [2.05, 4.69) is 10.3 Å². The number of rotatable bonds is 6. The van der Waals surface area contributed by atoms with E-state index in [1.165, 1.54) is 24.3 Å². The van der Waals surface area contributed by atoms with Crippen LogP contribution in [0.3, 0.4) is 0 Å². The molecule has 0 aliphatic carbocycles. The minimum Gasteiger partial charge on any atom is -0.307 e. The Kier molecular flexibility index (Phi) is 5.88. The van der Waals surface area contributed by atoms with Crippen LogP contribution in [0.15, 0.2) is 23.6 Å². The van der Waals surface area contributed by atoms with E-state index < -0.39 is 5.82 Å². The molecule has 0 saturated carbocycles. The molecule has 0 aliphatic rings. The molecule has 0 bridgehead atoms. The Hall–Kier alpha value is -1.50. The lowest BCUT2D eigenvalue weighted by Gasteiger charge is -2.14. The van der Waals surface area contributed by atoms with Gasteiger partial charge in [-0.05, 0) is 24.6 Å². The molecule has 22 heavy (non-hydrogen) atoms. The van der Waals surface area contributed by atoms with Crippen molar-refractivity contribution in [2.24, 2.45) is 0 Å². The predicted molar refractivity (Wildman–Crippen MR) is 87.8 cm³/mol. The third kappa shape index (κ3) is 4.25. The number of hydrogen-bond acceptors (Lipinski definition) is 4. The van der Waals surface area contributed by atoms with Crippen molar-refractivity contribution in [2.75, 3.05) is 11.4 Å². The molecule has 1 aromatic carbocycles. The number of aromatic nitrogens is 1. The number of nitrogens with one attached hydrogen (secondary N) is 1. The van der Waals surface area contributed by atoms with Gasteiger partial charge in [-0.3, -0.25) is 9.69 Å². The number of carbonyl (C=O) groups is 1. The number of nitrogens with zero attached hydrogens (tertiary/aromatic N) is 2. The molecule has 2 aromatic rings. The van der Waals surface area contributed by atoms with Gasteiger partial charge in [0.1, 0.15) is 5.82 Å². The first-order valence-corrected chi connectivity index (χ1v) is 8.14. The molecule has 0 fully saturated rings. The molecule has 0 spiro atoms. The molecule has 4 nitrogen and oxygen atoms in total. The second-order valence-electron chi connectivity index (χ2n) is 4.74. The zero-order chi connectivity index (χ0) is 16.1. The van der Waals surface area contributed by atoms with Crippen LogP contribution in [0.1, 0.15) is 25.1 Å². The van der Waals surface area contributed by atoms with Crippen LogP contribution < -0.4 is 10.2 Å². The maximum atomic E-state index is 13.1. The number of carbonyl (C=O) groups excluding carboxylic acids is 1. The number of anilines is 1. The van der Waals surface area contributed by atoms with E-state index in [1.807, 2.05) is 12.3 Å². The Balaban J connectivity index is 1.91. The highest BCUT2D eigenvalue weighted by Gasteiger charge is 2.13. The zero-order valence-corrected chi connectivity index (χ0v) is 14.0. The maximum Gasteiger partial charge on any atom is 0.225 e. The fourth-order valence-corrected chi connectivity index (χ4v) is 3.11. The van der Waals surface area contributed by atoms with Crippen molar-refractivity contribution in [3.8, 4) is 0 Å². The second kappa shape index (κ2) is 7.67. The highest BCUT2D eigenvalue weighted by Crippen LogP contribution is 2.21. The number of halogens is 2. The molecule has 0 saturated heterocycles. The van der Waals surface area contributed by atoms with Gasteiger partial charge >= 0.3 is 0 Å². The largest absolute Gasteiger partial charge is 0.307 e. The van der Waals surface area contributed by atoms with E-state index in [-0.39, 0.29) is 10.9 Å². The van der Waals surface area contributed by atoms with Gasteiger partial charge in [-0.1, -0.05) is 17.7 Å². The van der Waals surface area contributed by atoms with Crippen LogP contribution in [0, 0.1) is 5.82 Å². The lowest BCUT2D eigenvalue weighted by molar-refractivity contribution is -0.116. The van der Waals surface area contributed by atoms with Gasteiger partial charge in [-0.25, -0.2) is 9.37 Å². The second-order valence-corrected chi connectivity index (χ2v) is 5.98. The number of amides is 1. The Morgan fingerprint density at radius 2 is 2.23 bits per heavy atom. The van der Waals surface area contributed by atoms with E-state index in [1.54, 1.807) is 17.0 Å². The SMILES string of the molecule is CCN(C(C)=O)c1nc(CNCc2ccc(F)c(Cl)c2)cs1. The smallest absolute Gasteiger partial charge is 0.225 e. The molecule has 0 unspecified atom stereocenters. The molecule has 118 valence electrons. The summed E-state index contributed by atoms with van der Waals surface area (Å²) in [4.78, 5) is 17.6. The lowest BCUT2D eigenvalue weighted by atomic mass is 10.2. The van der Waals surface area contributed by atoms with Gasteiger partial charge in [0.15, 0.2) is 5.13 Å². The fourth-order valence-electron chi connectivity index (χ4n) is 1.98. The van der Waals surface area contributed by atoms with Gasteiger partial charge in [0.2, 0.25) is 5.91 Å². The van der Waals surface area contributed by atoms with Gasteiger partial charge < -0.3 is 5.32 Å². The Morgan fingerprint density at radius 1 is 1.45 bits per heavy atom. The van der Waals surface area contributed by atoms with Gasteiger partial charge in [0.05, 0.1) is 10.7 Å². The van der Waals surface area contributed by atoms with Crippen LogP contribution in [0.25, 0.3) is 0 Å². The third-order valence-electron chi connectivity index (χ3n) is 3.09. The normalized spacial score (nSPS) is 10.7. The molecule has 1 aromatic heterocycles. The highest BCUT2D eigenvalue weighted by molar-refractivity contribution is 7.14. The van der Waals surface area contributed by atoms with Crippen LogP contribution in [-0.4, -0.2) is 17.4 Å². The van der Waals surface area contributed by atoms with Crippen molar-refractivity contribution in [1.29, 1.82) is 0 Å². The summed E-state index contributed by atoms with van der Waals surface area (Å²) in [6.07, 6.45) is 0. The average molecular weight is 342 g/mol. The molecule has 0 atom stereocenters. The van der Waals surface area contributed by atoms with Crippen molar-refractivity contribution < 1.29 is 9.18 Å². The summed E-state index contributed by atoms with van der Waals surface area (Å²) in [5, 5.41) is 5.97. The van der Waals surface area contributed by atoms with Crippen LogP contribution in [-0.2, 0) is 17.9 Å². The van der Waals surface area contributed by atoms with E-state index in [0.717, 1.165) is 11.3 Å².